The van der Waals surface area contributed by atoms with Gasteiger partial charge in [0.2, 0.25) is 5.91 Å². The Morgan fingerprint density at radius 2 is 1.93 bits per heavy atom. The van der Waals surface area contributed by atoms with Crippen molar-refractivity contribution in [2.75, 3.05) is 5.32 Å². The number of rotatable bonds is 5. The number of anilines is 1. The second-order valence-corrected chi connectivity index (χ2v) is 8.99. The standard InChI is InChI=1S/C23H27F2N3O/c1-14-8-9-28-19(10-14)26-21(17-12-16(24)6-7-18(17)25)22(28)27-20(29)11-15(2)13-23(3,4)5/h6-10,12,15H,11,13H2,1-5H3,(H,27,29)/t15-/m1/s1. The van der Waals surface area contributed by atoms with Crippen molar-refractivity contribution in [3.63, 3.8) is 0 Å². The zero-order valence-electron chi connectivity index (χ0n) is 17.5. The van der Waals surface area contributed by atoms with Crippen LogP contribution in [0.1, 0.15) is 46.1 Å². The lowest BCUT2D eigenvalue weighted by atomic mass is 9.84. The van der Waals surface area contributed by atoms with Gasteiger partial charge in [0.05, 0.1) is 0 Å². The lowest BCUT2D eigenvalue weighted by Crippen LogP contribution is -2.20. The molecule has 154 valence electrons. The van der Waals surface area contributed by atoms with E-state index in [4.69, 9.17) is 0 Å². The second kappa shape index (κ2) is 7.93. The Balaban J connectivity index is 1.99. The van der Waals surface area contributed by atoms with Crippen molar-refractivity contribution in [2.24, 2.45) is 11.3 Å². The summed E-state index contributed by atoms with van der Waals surface area (Å²) in [7, 11) is 0. The van der Waals surface area contributed by atoms with Gasteiger partial charge in [-0.25, -0.2) is 13.8 Å². The highest BCUT2D eigenvalue weighted by Gasteiger charge is 2.22. The summed E-state index contributed by atoms with van der Waals surface area (Å²) in [6.07, 6.45) is 3.01. The van der Waals surface area contributed by atoms with Gasteiger partial charge in [0.15, 0.2) is 0 Å². The molecule has 1 atom stereocenters. The molecule has 0 radical (unpaired) electrons. The Bertz CT molecular complexity index is 1050. The van der Waals surface area contributed by atoms with E-state index in [1.807, 2.05) is 26.0 Å². The molecule has 0 unspecified atom stereocenters. The van der Waals surface area contributed by atoms with Crippen molar-refractivity contribution < 1.29 is 13.6 Å². The highest BCUT2D eigenvalue weighted by molar-refractivity contribution is 5.94. The van der Waals surface area contributed by atoms with Crippen molar-refractivity contribution in [1.29, 1.82) is 0 Å². The quantitative estimate of drug-likeness (QED) is 0.573. The summed E-state index contributed by atoms with van der Waals surface area (Å²) < 4.78 is 29.9. The molecule has 1 amide bonds. The van der Waals surface area contributed by atoms with Crippen LogP contribution >= 0.6 is 0 Å². The number of carbonyl (C=O) groups excluding carboxylic acids is 1. The minimum absolute atomic E-state index is 0.0180. The number of nitrogens with one attached hydrogen (secondary N) is 1. The van der Waals surface area contributed by atoms with E-state index in [1.165, 1.54) is 0 Å². The molecule has 0 aliphatic carbocycles. The molecular formula is C23H27F2N3O. The first kappa shape index (κ1) is 21.0. The lowest BCUT2D eigenvalue weighted by molar-refractivity contribution is -0.117. The number of nitrogens with zero attached hydrogens (tertiary/aromatic N) is 2. The van der Waals surface area contributed by atoms with Crippen LogP contribution in [0.5, 0.6) is 0 Å². The first-order chi connectivity index (χ1) is 13.5. The predicted octanol–water partition coefficient (Wildman–Crippen LogP) is 5.99. The average molecular weight is 399 g/mol. The summed E-state index contributed by atoms with van der Waals surface area (Å²) in [5.41, 5.74) is 1.89. The van der Waals surface area contributed by atoms with E-state index in [0.717, 1.165) is 30.2 Å². The maximum absolute atomic E-state index is 14.4. The molecule has 0 aliphatic rings. The molecule has 1 N–H and O–H groups in total. The van der Waals surface area contributed by atoms with Crippen LogP contribution in [0.15, 0.2) is 36.5 Å². The van der Waals surface area contributed by atoms with Gasteiger partial charge in [0.25, 0.3) is 0 Å². The SMILES string of the molecule is Cc1ccn2c(NC(=O)C[C@@H](C)CC(C)(C)C)c(-c3cc(F)ccc3F)nc2c1. The van der Waals surface area contributed by atoms with Gasteiger partial charge in [-0.3, -0.25) is 9.20 Å². The van der Waals surface area contributed by atoms with Gasteiger partial charge in [-0.2, -0.15) is 0 Å². The number of carbonyl (C=O) groups is 1. The van der Waals surface area contributed by atoms with Crippen LogP contribution in [0, 0.1) is 29.9 Å². The van der Waals surface area contributed by atoms with Gasteiger partial charge < -0.3 is 5.32 Å². The maximum atomic E-state index is 14.4. The highest BCUT2D eigenvalue weighted by Crippen LogP contribution is 2.32. The molecule has 0 saturated heterocycles. The summed E-state index contributed by atoms with van der Waals surface area (Å²) in [6.45, 7) is 10.4. The Morgan fingerprint density at radius 3 is 2.62 bits per heavy atom. The Kier molecular flexibility index (Phi) is 5.73. The van der Waals surface area contributed by atoms with Crippen LogP contribution in [-0.4, -0.2) is 15.3 Å². The Hall–Kier alpha value is -2.76. The van der Waals surface area contributed by atoms with E-state index in [0.29, 0.717) is 17.9 Å². The van der Waals surface area contributed by atoms with E-state index in [-0.39, 0.29) is 28.5 Å². The van der Waals surface area contributed by atoms with Crippen LogP contribution < -0.4 is 5.32 Å². The fraction of sp³-hybridized carbons (Fsp3) is 0.391. The third-order valence-electron chi connectivity index (χ3n) is 4.72. The largest absolute Gasteiger partial charge is 0.310 e. The highest BCUT2D eigenvalue weighted by atomic mass is 19.1. The van der Waals surface area contributed by atoms with Gasteiger partial charge in [0, 0.05) is 18.2 Å². The fourth-order valence-electron chi connectivity index (χ4n) is 3.75. The number of pyridine rings is 1. The van der Waals surface area contributed by atoms with Crippen molar-refractivity contribution in [2.45, 2.75) is 47.5 Å². The number of halogens is 2. The molecule has 0 fully saturated rings. The summed E-state index contributed by atoms with van der Waals surface area (Å²) >= 11 is 0. The zero-order valence-corrected chi connectivity index (χ0v) is 17.5. The average Bonchev–Trinajstić information content (AvgIpc) is 2.92. The van der Waals surface area contributed by atoms with Gasteiger partial charge in [-0.05, 0) is 60.6 Å². The van der Waals surface area contributed by atoms with Gasteiger partial charge in [-0.15, -0.1) is 0 Å². The van der Waals surface area contributed by atoms with Gasteiger partial charge >= 0.3 is 0 Å². The predicted molar refractivity (Wildman–Crippen MR) is 112 cm³/mol. The number of amides is 1. The molecule has 2 aromatic heterocycles. The molecule has 0 bridgehead atoms. The summed E-state index contributed by atoms with van der Waals surface area (Å²) in [5, 5.41) is 2.89. The second-order valence-electron chi connectivity index (χ2n) is 8.99. The molecule has 3 rings (SSSR count). The van der Waals surface area contributed by atoms with Crippen molar-refractivity contribution in [1.82, 2.24) is 9.38 Å². The van der Waals surface area contributed by atoms with Crippen LogP contribution in [0.25, 0.3) is 16.9 Å². The van der Waals surface area contributed by atoms with E-state index >= 15 is 0 Å². The van der Waals surface area contributed by atoms with Crippen LogP contribution in [0.4, 0.5) is 14.6 Å². The molecule has 3 aromatic rings. The molecule has 0 spiro atoms. The molecule has 1 aromatic carbocycles. The first-order valence-corrected chi connectivity index (χ1v) is 9.77. The summed E-state index contributed by atoms with van der Waals surface area (Å²) in [5.74, 6) is -0.806. The third-order valence-corrected chi connectivity index (χ3v) is 4.72. The zero-order chi connectivity index (χ0) is 21.3. The Labute approximate surface area is 170 Å². The van der Waals surface area contributed by atoms with Crippen LogP contribution in [-0.2, 0) is 4.79 Å². The Morgan fingerprint density at radius 1 is 1.21 bits per heavy atom. The van der Waals surface area contributed by atoms with Crippen molar-refractivity contribution >= 4 is 17.4 Å². The summed E-state index contributed by atoms with van der Waals surface area (Å²) in [6, 6.07) is 6.93. The minimum atomic E-state index is -0.594. The molecule has 0 aliphatic heterocycles. The number of hydrogen-bond donors (Lipinski definition) is 1. The molecule has 2 heterocycles. The monoisotopic (exact) mass is 399 g/mol. The fourth-order valence-corrected chi connectivity index (χ4v) is 3.75. The van der Waals surface area contributed by atoms with Gasteiger partial charge in [-0.1, -0.05) is 27.7 Å². The topological polar surface area (TPSA) is 46.4 Å². The van der Waals surface area contributed by atoms with E-state index in [9.17, 15) is 13.6 Å². The van der Waals surface area contributed by atoms with Crippen molar-refractivity contribution in [3.8, 4) is 11.3 Å². The molecular weight excluding hydrogens is 372 g/mol. The van der Waals surface area contributed by atoms with E-state index in [1.54, 1.807) is 10.6 Å². The molecule has 0 saturated carbocycles. The van der Waals surface area contributed by atoms with Crippen LogP contribution in [0.2, 0.25) is 0 Å². The molecule has 4 nitrogen and oxygen atoms in total. The summed E-state index contributed by atoms with van der Waals surface area (Å²) in [4.78, 5) is 17.2. The van der Waals surface area contributed by atoms with Crippen molar-refractivity contribution in [3.05, 3.63) is 53.7 Å². The number of fused-ring (bicyclic) bond motifs is 1. The van der Waals surface area contributed by atoms with E-state index in [2.05, 4.69) is 31.1 Å². The third kappa shape index (κ3) is 5.00. The number of benzene rings is 1. The number of imidazole rings is 1. The minimum Gasteiger partial charge on any atom is -0.310 e. The number of aromatic nitrogens is 2. The lowest BCUT2D eigenvalue weighted by Gasteiger charge is -2.22. The smallest absolute Gasteiger partial charge is 0.225 e. The first-order valence-electron chi connectivity index (χ1n) is 9.77. The number of hydrogen-bond acceptors (Lipinski definition) is 2. The molecule has 29 heavy (non-hydrogen) atoms. The van der Waals surface area contributed by atoms with E-state index < -0.39 is 11.6 Å². The number of aryl methyl sites for hydroxylation is 1. The van der Waals surface area contributed by atoms with Crippen LogP contribution in [0.3, 0.4) is 0 Å². The van der Waals surface area contributed by atoms with Gasteiger partial charge in [0.1, 0.15) is 28.8 Å². The maximum Gasteiger partial charge on any atom is 0.225 e. The molecule has 6 heteroatoms. The normalized spacial score (nSPS) is 12.9.